The molecule has 0 heterocycles. The summed E-state index contributed by atoms with van der Waals surface area (Å²) in [6, 6.07) is 0. The van der Waals surface area contributed by atoms with E-state index in [1.807, 2.05) is 54.7 Å². The lowest BCUT2D eigenvalue weighted by Gasteiger charge is -2.18. The highest BCUT2D eigenvalue weighted by atomic mass is 16.6. The quantitative estimate of drug-likeness (QED) is 0.0202. The summed E-state index contributed by atoms with van der Waals surface area (Å²) in [5.41, 5.74) is 0. The van der Waals surface area contributed by atoms with E-state index in [0.717, 1.165) is 70.6 Å². The van der Waals surface area contributed by atoms with Crippen molar-refractivity contribution in [1.82, 2.24) is 0 Å². The largest absolute Gasteiger partial charge is 0.462 e. The van der Waals surface area contributed by atoms with Gasteiger partial charge in [0.2, 0.25) is 0 Å². The predicted octanol–water partition coefficient (Wildman–Crippen LogP) is 14.8. The third-order valence-corrected chi connectivity index (χ3v) is 9.12. The Labute approximate surface area is 355 Å². The Kier molecular flexibility index (Phi) is 42.7. The molecule has 1 atom stereocenters. The molecular weight excluding hydrogens is 721 g/mol. The molecule has 0 aliphatic rings. The molecule has 6 nitrogen and oxygen atoms in total. The van der Waals surface area contributed by atoms with Crippen LogP contribution in [0.4, 0.5) is 0 Å². The van der Waals surface area contributed by atoms with Crippen molar-refractivity contribution in [3.63, 3.8) is 0 Å². The van der Waals surface area contributed by atoms with Gasteiger partial charge >= 0.3 is 17.9 Å². The second kappa shape index (κ2) is 45.8. The van der Waals surface area contributed by atoms with Crippen molar-refractivity contribution in [3.8, 4) is 0 Å². The standard InChI is InChI=1S/C52H82O6/c1-4-7-10-13-16-19-22-24-25-26-28-30-33-36-39-42-45-51(54)57-48-49(47-56-50(53)44-41-38-35-32-29-21-18-15-12-9-6-3)58-52(55)46-43-40-37-34-31-27-23-20-17-14-11-8-5-2/h8-9,11-12,14,17-18,20-21,23,25-27,31-32,34-35,37,49H,4-7,10,13,15-16,19,22,24,28-30,33,36,38-48H2,1-3H3/b11-8-,12-9-,17-14-,21-18-,23-20-,26-25-,31-27-,35-32-,37-34-. The summed E-state index contributed by atoms with van der Waals surface area (Å²) >= 11 is 0. The molecule has 58 heavy (non-hydrogen) atoms. The van der Waals surface area contributed by atoms with Crippen LogP contribution in [0, 0.1) is 0 Å². The maximum Gasteiger partial charge on any atom is 0.306 e. The van der Waals surface area contributed by atoms with E-state index in [-0.39, 0.29) is 38.0 Å². The Morgan fingerprint density at radius 1 is 0.379 bits per heavy atom. The highest BCUT2D eigenvalue weighted by Gasteiger charge is 2.19. The number of carbonyl (C=O) groups excluding carboxylic acids is 3. The van der Waals surface area contributed by atoms with Crippen LogP contribution in [0.1, 0.15) is 181 Å². The lowest BCUT2D eigenvalue weighted by atomic mass is 10.1. The second-order valence-corrected chi connectivity index (χ2v) is 14.7. The molecule has 1 unspecified atom stereocenters. The second-order valence-electron chi connectivity index (χ2n) is 14.7. The van der Waals surface area contributed by atoms with Crippen molar-refractivity contribution in [2.45, 2.75) is 187 Å². The van der Waals surface area contributed by atoms with Gasteiger partial charge < -0.3 is 14.2 Å². The number of ether oxygens (including phenoxy) is 3. The minimum absolute atomic E-state index is 0.129. The topological polar surface area (TPSA) is 78.9 Å². The first-order valence-electron chi connectivity index (χ1n) is 23.0. The fourth-order valence-corrected chi connectivity index (χ4v) is 5.72. The van der Waals surface area contributed by atoms with Crippen molar-refractivity contribution in [1.29, 1.82) is 0 Å². The van der Waals surface area contributed by atoms with Gasteiger partial charge in [0.25, 0.3) is 0 Å². The van der Waals surface area contributed by atoms with Crippen LogP contribution in [0.25, 0.3) is 0 Å². The summed E-state index contributed by atoms with van der Waals surface area (Å²) in [7, 11) is 0. The molecule has 0 aromatic rings. The highest BCUT2D eigenvalue weighted by Crippen LogP contribution is 2.12. The minimum Gasteiger partial charge on any atom is -0.462 e. The maximum absolute atomic E-state index is 12.7. The van der Waals surface area contributed by atoms with Crippen molar-refractivity contribution in [3.05, 3.63) is 109 Å². The molecule has 0 radical (unpaired) electrons. The summed E-state index contributed by atoms with van der Waals surface area (Å²) in [6.07, 6.45) is 60.9. The third kappa shape index (κ3) is 43.2. The average Bonchev–Trinajstić information content (AvgIpc) is 3.22. The predicted molar refractivity (Wildman–Crippen MR) is 247 cm³/mol. The molecule has 0 rings (SSSR count). The molecule has 0 aromatic heterocycles. The van der Waals surface area contributed by atoms with Crippen molar-refractivity contribution in [2.24, 2.45) is 0 Å². The molecule has 0 bridgehead atoms. The highest BCUT2D eigenvalue weighted by molar-refractivity contribution is 5.71. The summed E-state index contributed by atoms with van der Waals surface area (Å²) in [6.45, 7) is 6.22. The van der Waals surface area contributed by atoms with Gasteiger partial charge in [-0.3, -0.25) is 14.4 Å². The van der Waals surface area contributed by atoms with Crippen LogP contribution in [0.3, 0.4) is 0 Å². The van der Waals surface area contributed by atoms with Gasteiger partial charge in [-0.25, -0.2) is 0 Å². The van der Waals surface area contributed by atoms with Crippen LogP contribution in [0.5, 0.6) is 0 Å². The SMILES string of the molecule is CC\C=C/C=C\C=C/C=C\C=C/CCCC(=O)OC(COC(=O)CCC/C=C\C/C=C\C/C=C\CC)COC(=O)CCCCCCC/C=C\CCCCCCCCC. The number of rotatable bonds is 39. The van der Waals surface area contributed by atoms with Crippen molar-refractivity contribution < 1.29 is 28.6 Å². The van der Waals surface area contributed by atoms with Crippen LogP contribution in [0.2, 0.25) is 0 Å². The first-order chi connectivity index (χ1) is 28.5. The molecule has 0 fully saturated rings. The van der Waals surface area contributed by atoms with E-state index >= 15 is 0 Å². The normalized spacial score (nSPS) is 13.1. The van der Waals surface area contributed by atoms with Crippen LogP contribution >= 0.6 is 0 Å². The molecule has 0 N–H and O–H groups in total. The molecule has 0 aliphatic heterocycles. The molecule has 0 aliphatic carbocycles. The third-order valence-electron chi connectivity index (χ3n) is 9.12. The van der Waals surface area contributed by atoms with E-state index in [4.69, 9.17) is 14.2 Å². The number of esters is 3. The van der Waals surface area contributed by atoms with Crippen molar-refractivity contribution >= 4 is 17.9 Å². The fraction of sp³-hybridized carbons (Fsp3) is 0.596. The first kappa shape index (κ1) is 54.1. The number of carbonyl (C=O) groups is 3. The zero-order valence-corrected chi connectivity index (χ0v) is 37.0. The molecule has 0 spiro atoms. The molecule has 0 saturated heterocycles. The van der Waals surface area contributed by atoms with Gasteiger partial charge in [0, 0.05) is 19.3 Å². The molecule has 0 amide bonds. The molecule has 0 aromatic carbocycles. The van der Waals surface area contributed by atoms with E-state index in [9.17, 15) is 14.4 Å². The first-order valence-corrected chi connectivity index (χ1v) is 23.0. The molecular formula is C52H82O6. The zero-order valence-electron chi connectivity index (χ0n) is 37.0. The Morgan fingerprint density at radius 3 is 1.34 bits per heavy atom. The number of hydrogen-bond donors (Lipinski definition) is 0. The van der Waals surface area contributed by atoms with E-state index < -0.39 is 12.1 Å². The number of allylic oxidation sites excluding steroid dienone is 18. The molecule has 0 saturated carbocycles. The average molecular weight is 803 g/mol. The van der Waals surface area contributed by atoms with E-state index in [1.54, 1.807) is 0 Å². The monoisotopic (exact) mass is 803 g/mol. The zero-order chi connectivity index (χ0) is 42.3. The summed E-state index contributed by atoms with van der Waals surface area (Å²) in [5.74, 6) is -1.08. The summed E-state index contributed by atoms with van der Waals surface area (Å²) in [4.78, 5) is 37.7. The number of unbranched alkanes of at least 4 members (excludes halogenated alkanes) is 14. The van der Waals surface area contributed by atoms with Gasteiger partial charge in [0.05, 0.1) is 0 Å². The maximum atomic E-state index is 12.7. The summed E-state index contributed by atoms with van der Waals surface area (Å²) in [5, 5.41) is 0. The van der Waals surface area contributed by atoms with Crippen LogP contribution in [-0.2, 0) is 28.6 Å². The molecule has 6 heteroatoms. The Bertz CT molecular complexity index is 1240. The van der Waals surface area contributed by atoms with Crippen LogP contribution < -0.4 is 0 Å². The van der Waals surface area contributed by atoms with Crippen LogP contribution in [0.15, 0.2) is 109 Å². The van der Waals surface area contributed by atoms with Gasteiger partial charge in [-0.1, -0.05) is 188 Å². The van der Waals surface area contributed by atoms with Gasteiger partial charge in [-0.2, -0.15) is 0 Å². The van der Waals surface area contributed by atoms with Gasteiger partial charge in [0.1, 0.15) is 13.2 Å². The van der Waals surface area contributed by atoms with Gasteiger partial charge in [0.15, 0.2) is 6.10 Å². The van der Waals surface area contributed by atoms with Crippen LogP contribution in [-0.4, -0.2) is 37.2 Å². The molecule has 326 valence electrons. The Balaban J connectivity index is 4.56. The van der Waals surface area contributed by atoms with E-state index in [1.165, 1.54) is 57.8 Å². The Morgan fingerprint density at radius 2 is 0.776 bits per heavy atom. The fourth-order valence-electron chi connectivity index (χ4n) is 5.72. The summed E-state index contributed by atoms with van der Waals surface area (Å²) < 4.78 is 16.6. The lowest BCUT2D eigenvalue weighted by Crippen LogP contribution is -2.30. The van der Waals surface area contributed by atoms with Gasteiger partial charge in [-0.05, 0) is 83.5 Å². The smallest absolute Gasteiger partial charge is 0.306 e. The minimum atomic E-state index is -0.838. The number of hydrogen-bond acceptors (Lipinski definition) is 6. The van der Waals surface area contributed by atoms with Gasteiger partial charge in [-0.15, -0.1) is 0 Å². The Hall–Kier alpha value is -3.93. The van der Waals surface area contributed by atoms with Crippen molar-refractivity contribution in [2.75, 3.05) is 13.2 Å². The van der Waals surface area contributed by atoms with E-state index in [2.05, 4.69) is 75.5 Å². The lowest BCUT2D eigenvalue weighted by molar-refractivity contribution is -0.167. The van der Waals surface area contributed by atoms with E-state index in [0.29, 0.717) is 19.3 Å².